The van der Waals surface area contributed by atoms with Gasteiger partial charge in [0.25, 0.3) is 0 Å². The fourth-order valence-corrected chi connectivity index (χ4v) is 3.93. The molecule has 0 spiro atoms. The number of aryl methyl sites for hydroxylation is 1. The Bertz CT molecular complexity index is 1170. The highest BCUT2D eigenvalue weighted by Crippen LogP contribution is 2.40. The summed E-state index contributed by atoms with van der Waals surface area (Å²) in [6, 6.07) is 12.4. The highest BCUT2D eigenvalue weighted by molar-refractivity contribution is 6.08. The van der Waals surface area contributed by atoms with Crippen LogP contribution < -0.4 is 19.5 Å². The van der Waals surface area contributed by atoms with Gasteiger partial charge in [0.05, 0.1) is 24.4 Å². The van der Waals surface area contributed by atoms with Gasteiger partial charge >= 0.3 is 0 Å². The molecule has 3 aromatic rings. The molecule has 1 unspecified atom stereocenters. The van der Waals surface area contributed by atoms with Gasteiger partial charge in [0.15, 0.2) is 17.3 Å². The predicted molar refractivity (Wildman–Crippen MR) is 108 cm³/mol. The van der Waals surface area contributed by atoms with Crippen LogP contribution in [0, 0.1) is 6.92 Å². The minimum absolute atomic E-state index is 0.0649. The van der Waals surface area contributed by atoms with E-state index in [4.69, 9.17) is 14.2 Å². The van der Waals surface area contributed by atoms with E-state index in [1.54, 1.807) is 30.0 Å². The highest BCUT2D eigenvalue weighted by atomic mass is 16.7. The van der Waals surface area contributed by atoms with Gasteiger partial charge in [-0.2, -0.15) is 5.10 Å². The number of hydrogen-bond donors (Lipinski definition) is 1. The molecule has 2 aliphatic rings. The Morgan fingerprint density at radius 2 is 1.93 bits per heavy atom. The second kappa shape index (κ2) is 6.91. The highest BCUT2D eigenvalue weighted by Gasteiger charge is 2.36. The predicted octanol–water partition coefficient (Wildman–Crippen LogP) is 3.23. The quantitative estimate of drug-likeness (QED) is 0.670. The number of nitrogens with zero attached hydrogens (tertiary/aromatic N) is 2. The van der Waals surface area contributed by atoms with Gasteiger partial charge in [-0.3, -0.25) is 9.59 Å². The molecular weight excluding hydrogens is 386 g/mol. The average molecular weight is 405 g/mol. The number of amides is 1. The lowest BCUT2D eigenvalue weighted by Gasteiger charge is -2.23. The second-order valence-corrected chi connectivity index (χ2v) is 7.19. The molecule has 3 heterocycles. The van der Waals surface area contributed by atoms with Gasteiger partial charge < -0.3 is 19.5 Å². The average Bonchev–Trinajstić information content (AvgIpc) is 3.36. The summed E-state index contributed by atoms with van der Waals surface area (Å²) >= 11 is 0. The van der Waals surface area contributed by atoms with Gasteiger partial charge in [-0.05, 0) is 49.4 Å². The SMILES string of the molecule is COc1ccc(-n2nc(C)c3c2NC(=O)CC3C(=O)c2ccc3c(c2)OCO3)cc1. The van der Waals surface area contributed by atoms with Crippen LogP contribution in [-0.4, -0.2) is 35.4 Å². The maximum atomic E-state index is 13.4. The fraction of sp³-hybridized carbons (Fsp3) is 0.227. The third-order valence-corrected chi connectivity index (χ3v) is 5.39. The molecule has 2 aromatic carbocycles. The monoisotopic (exact) mass is 405 g/mol. The number of aromatic nitrogens is 2. The number of ether oxygens (including phenoxy) is 3. The van der Waals surface area contributed by atoms with Crippen molar-refractivity contribution in [2.75, 3.05) is 19.2 Å². The first-order valence-corrected chi connectivity index (χ1v) is 9.53. The van der Waals surface area contributed by atoms with Gasteiger partial charge in [0.2, 0.25) is 12.7 Å². The third-order valence-electron chi connectivity index (χ3n) is 5.39. The number of Topliss-reactive ketones (excluding diaryl/α,β-unsaturated/α-hetero) is 1. The van der Waals surface area contributed by atoms with Crippen molar-refractivity contribution < 1.29 is 23.8 Å². The molecule has 8 heteroatoms. The molecule has 152 valence electrons. The van der Waals surface area contributed by atoms with Gasteiger partial charge in [-0.15, -0.1) is 0 Å². The summed E-state index contributed by atoms with van der Waals surface area (Å²) in [5.74, 6) is 1.38. The molecule has 0 fully saturated rings. The fourth-order valence-electron chi connectivity index (χ4n) is 3.93. The lowest BCUT2D eigenvalue weighted by atomic mass is 9.85. The molecule has 0 saturated carbocycles. The zero-order valence-electron chi connectivity index (χ0n) is 16.5. The maximum absolute atomic E-state index is 13.4. The largest absolute Gasteiger partial charge is 0.497 e. The molecule has 0 saturated heterocycles. The molecular formula is C22H19N3O5. The van der Waals surface area contributed by atoms with E-state index in [9.17, 15) is 9.59 Å². The first-order chi connectivity index (χ1) is 14.5. The lowest BCUT2D eigenvalue weighted by molar-refractivity contribution is -0.116. The van der Waals surface area contributed by atoms with Crippen molar-refractivity contribution in [1.82, 2.24) is 9.78 Å². The van der Waals surface area contributed by atoms with Crippen LogP contribution in [0.3, 0.4) is 0 Å². The summed E-state index contributed by atoms with van der Waals surface area (Å²) in [7, 11) is 1.60. The van der Waals surface area contributed by atoms with Crippen molar-refractivity contribution in [3.8, 4) is 22.9 Å². The third kappa shape index (κ3) is 2.88. The van der Waals surface area contributed by atoms with E-state index in [1.165, 1.54) is 0 Å². The van der Waals surface area contributed by atoms with E-state index in [-0.39, 0.29) is 24.9 Å². The van der Waals surface area contributed by atoms with Crippen molar-refractivity contribution in [3.63, 3.8) is 0 Å². The van der Waals surface area contributed by atoms with Crippen molar-refractivity contribution in [2.45, 2.75) is 19.3 Å². The number of methoxy groups -OCH3 is 1. The number of ketones is 1. The summed E-state index contributed by atoms with van der Waals surface area (Å²) in [5.41, 5.74) is 2.66. The smallest absolute Gasteiger partial charge is 0.231 e. The number of nitrogens with one attached hydrogen (secondary N) is 1. The molecule has 2 aliphatic heterocycles. The van der Waals surface area contributed by atoms with Crippen LogP contribution in [0.4, 0.5) is 5.82 Å². The topological polar surface area (TPSA) is 91.7 Å². The summed E-state index contributed by atoms with van der Waals surface area (Å²) in [4.78, 5) is 25.8. The Morgan fingerprint density at radius 1 is 1.17 bits per heavy atom. The van der Waals surface area contributed by atoms with Crippen LogP contribution in [0.5, 0.6) is 17.2 Å². The zero-order chi connectivity index (χ0) is 20.8. The minimum Gasteiger partial charge on any atom is -0.497 e. The van der Waals surface area contributed by atoms with E-state index in [0.29, 0.717) is 28.6 Å². The first-order valence-electron chi connectivity index (χ1n) is 9.53. The number of carbonyl (C=O) groups is 2. The Balaban J connectivity index is 1.56. The van der Waals surface area contributed by atoms with Gasteiger partial charge in [-0.25, -0.2) is 4.68 Å². The van der Waals surface area contributed by atoms with Gasteiger partial charge in [0.1, 0.15) is 11.6 Å². The summed E-state index contributed by atoms with van der Waals surface area (Å²) in [6.45, 7) is 1.98. The maximum Gasteiger partial charge on any atom is 0.231 e. The molecule has 5 rings (SSSR count). The standard InChI is InChI=1S/C22H19N3O5/c1-12-20-16(21(27)13-3-8-17-18(9-13)30-11-29-17)10-19(26)23-22(20)25(24-12)14-4-6-15(28-2)7-5-14/h3-9,16H,10-11H2,1-2H3,(H,23,26). The second-order valence-electron chi connectivity index (χ2n) is 7.19. The number of rotatable bonds is 4. The van der Waals surface area contributed by atoms with Crippen LogP contribution in [0.2, 0.25) is 0 Å². The number of fused-ring (bicyclic) bond motifs is 2. The number of anilines is 1. The van der Waals surface area contributed by atoms with Crippen LogP contribution in [0.1, 0.15) is 34.0 Å². The number of carbonyl (C=O) groups excluding carboxylic acids is 2. The Kier molecular flexibility index (Phi) is 4.20. The Hall–Kier alpha value is -3.81. The normalized spacial score (nSPS) is 16.7. The van der Waals surface area contributed by atoms with Crippen LogP contribution in [-0.2, 0) is 4.79 Å². The zero-order valence-corrected chi connectivity index (χ0v) is 16.5. The molecule has 0 radical (unpaired) electrons. The van der Waals surface area contributed by atoms with Crippen molar-refractivity contribution in [3.05, 3.63) is 59.3 Å². The van der Waals surface area contributed by atoms with E-state index in [1.807, 2.05) is 31.2 Å². The van der Waals surface area contributed by atoms with Crippen molar-refractivity contribution in [2.24, 2.45) is 0 Å². The molecule has 1 N–H and O–H groups in total. The number of hydrogen-bond acceptors (Lipinski definition) is 6. The van der Waals surface area contributed by atoms with E-state index >= 15 is 0 Å². The molecule has 30 heavy (non-hydrogen) atoms. The summed E-state index contributed by atoms with van der Waals surface area (Å²) < 4.78 is 17.6. The van der Waals surface area contributed by atoms with E-state index < -0.39 is 5.92 Å². The summed E-state index contributed by atoms with van der Waals surface area (Å²) in [5, 5.41) is 7.49. The molecule has 1 atom stereocenters. The van der Waals surface area contributed by atoms with Crippen molar-refractivity contribution in [1.29, 1.82) is 0 Å². The summed E-state index contributed by atoms with van der Waals surface area (Å²) in [6.07, 6.45) is 0.0649. The van der Waals surface area contributed by atoms with Gasteiger partial charge in [-0.1, -0.05) is 0 Å². The Morgan fingerprint density at radius 3 is 2.70 bits per heavy atom. The molecule has 1 aromatic heterocycles. The lowest BCUT2D eigenvalue weighted by Crippen LogP contribution is -2.28. The number of benzene rings is 2. The first kappa shape index (κ1) is 18.2. The van der Waals surface area contributed by atoms with Crippen LogP contribution in [0.15, 0.2) is 42.5 Å². The Labute approximate surface area is 172 Å². The minimum atomic E-state index is -0.624. The van der Waals surface area contributed by atoms with Crippen LogP contribution in [0.25, 0.3) is 5.69 Å². The van der Waals surface area contributed by atoms with E-state index in [2.05, 4.69) is 10.4 Å². The molecule has 0 bridgehead atoms. The van der Waals surface area contributed by atoms with Crippen molar-refractivity contribution >= 4 is 17.5 Å². The molecule has 8 nitrogen and oxygen atoms in total. The molecule has 1 amide bonds. The van der Waals surface area contributed by atoms with E-state index in [0.717, 1.165) is 17.0 Å². The van der Waals surface area contributed by atoms with Gasteiger partial charge in [0, 0.05) is 17.5 Å². The van der Waals surface area contributed by atoms with Crippen LogP contribution >= 0.6 is 0 Å². The molecule has 0 aliphatic carbocycles.